The summed E-state index contributed by atoms with van der Waals surface area (Å²) in [5, 5.41) is 5.43. The van der Waals surface area contributed by atoms with Gasteiger partial charge in [-0.2, -0.15) is 0 Å². The number of amides is 3. The van der Waals surface area contributed by atoms with E-state index >= 15 is 0 Å². The molecule has 0 heterocycles. The highest BCUT2D eigenvalue weighted by molar-refractivity contribution is 5.86. The van der Waals surface area contributed by atoms with Gasteiger partial charge in [0.1, 0.15) is 6.04 Å². The molecule has 5 heteroatoms. The SMILES string of the molecule is NC(=O)NC(Cc1ccccc1)C(=O)NCCC1=CCCCC1. The zero-order valence-corrected chi connectivity index (χ0v) is 13.4. The number of carbonyl (C=O) groups excluding carboxylic acids is 2. The molecular formula is C18H25N3O2. The first-order chi connectivity index (χ1) is 11.1. The molecule has 124 valence electrons. The summed E-state index contributed by atoms with van der Waals surface area (Å²) >= 11 is 0. The van der Waals surface area contributed by atoms with Crippen molar-refractivity contribution < 1.29 is 9.59 Å². The monoisotopic (exact) mass is 315 g/mol. The predicted octanol–water partition coefficient (Wildman–Crippen LogP) is 2.27. The number of primary amides is 1. The fourth-order valence-electron chi connectivity index (χ4n) is 2.83. The van der Waals surface area contributed by atoms with E-state index in [-0.39, 0.29) is 5.91 Å². The van der Waals surface area contributed by atoms with Crippen molar-refractivity contribution in [2.75, 3.05) is 6.54 Å². The van der Waals surface area contributed by atoms with Gasteiger partial charge in [-0.25, -0.2) is 4.79 Å². The van der Waals surface area contributed by atoms with Crippen LogP contribution in [0.15, 0.2) is 42.0 Å². The molecule has 0 saturated carbocycles. The van der Waals surface area contributed by atoms with Crippen LogP contribution in [0.25, 0.3) is 0 Å². The van der Waals surface area contributed by atoms with Crippen molar-refractivity contribution in [3.05, 3.63) is 47.5 Å². The fraction of sp³-hybridized carbons (Fsp3) is 0.444. The van der Waals surface area contributed by atoms with E-state index in [9.17, 15) is 9.59 Å². The van der Waals surface area contributed by atoms with Crippen molar-refractivity contribution in [3.8, 4) is 0 Å². The Hall–Kier alpha value is -2.30. The Kier molecular flexibility index (Phi) is 6.66. The Bertz CT molecular complexity index is 555. The van der Waals surface area contributed by atoms with E-state index in [1.54, 1.807) is 0 Å². The summed E-state index contributed by atoms with van der Waals surface area (Å²) in [6, 6.07) is 8.25. The average molecular weight is 315 g/mol. The first-order valence-electron chi connectivity index (χ1n) is 8.20. The molecule has 1 atom stereocenters. The van der Waals surface area contributed by atoms with Gasteiger partial charge in [0.15, 0.2) is 0 Å². The number of hydrogen-bond acceptors (Lipinski definition) is 2. The molecule has 1 aromatic carbocycles. The zero-order valence-electron chi connectivity index (χ0n) is 13.4. The lowest BCUT2D eigenvalue weighted by Crippen LogP contribution is -2.49. The van der Waals surface area contributed by atoms with Gasteiger partial charge in [0, 0.05) is 13.0 Å². The van der Waals surface area contributed by atoms with Gasteiger partial charge in [0.25, 0.3) is 0 Å². The van der Waals surface area contributed by atoms with Gasteiger partial charge in [-0.1, -0.05) is 42.0 Å². The fourth-order valence-corrected chi connectivity index (χ4v) is 2.83. The number of nitrogens with two attached hydrogens (primary N) is 1. The third-order valence-electron chi connectivity index (χ3n) is 4.05. The van der Waals surface area contributed by atoms with E-state index in [2.05, 4.69) is 16.7 Å². The van der Waals surface area contributed by atoms with Crippen LogP contribution in [0.2, 0.25) is 0 Å². The quantitative estimate of drug-likeness (QED) is 0.674. The van der Waals surface area contributed by atoms with E-state index < -0.39 is 12.1 Å². The van der Waals surface area contributed by atoms with Crippen LogP contribution in [-0.2, 0) is 11.2 Å². The normalized spacial score (nSPS) is 15.4. The Morgan fingerprint density at radius 3 is 2.61 bits per heavy atom. The van der Waals surface area contributed by atoms with E-state index in [0.29, 0.717) is 13.0 Å². The standard InChI is InChI=1S/C18H25N3O2/c19-18(23)21-16(13-15-9-5-2-6-10-15)17(22)20-12-11-14-7-3-1-4-8-14/h2,5-7,9-10,16H,1,3-4,8,11-13H2,(H,20,22)(H3,19,21,23). The van der Waals surface area contributed by atoms with Crippen LogP contribution in [0.3, 0.4) is 0 Å². The lowest BCUT2D eigenvalue weighted by molar-refractivity contribution is -0.122. The Morgan fingerprint density at radius 2 is 1.96 bits per heavy atom. The number of benzene rings is 1. The molecule has 4 N–H and O–H groups in total. The van der Waals surface area contributed by atoms with E-state index in [4.69, 9.17) is 5.73 Å². The summed E-state index contributed by atoms with van der Waals surface area (Å²) in [4.78, 5) is 23.5. The predicted molar refractivity (Wildman–Crippen MR) is 90.8 cm³/mol. The van der Waals surface area contributed by atoms with Crippen LogP contribution in [0.1, 0.15) is 37.7 Å². The largest absolute Gasteiger partial charge is 0.354 e. The second kappa shape index (κ2) is 8.98. The number of urea groups is 1. The number of allylic oxidation sites excluding steroid dienone is 1. The van der Waals surface area contributed by atoms with Crippen LogP contribution < -0.4 is 16.4 Å². The highest BCUT2D eigenvalue weighted by Gasteiger charge is 2.20. The molecule has 1 aromatic rings. The average Bonchev–Trinajstić information content (AvgIpc) is 2.56. The highest BCUT2D eigenvalue weighted by Crippen LogP contribution is 2.19. The molecule has 1 aliphatic rings. The van der Waals surface area contributed by atoms with Crippen LogP contribution in [0.5, 0.6) is 0 Å². The van der Waals surface area contributed by atoms with Crippen LogP contribution in [0, 0.1) is 0 Å². The summed E-state index contributed by atoms with van der Waals surface area (Å²) in [6.45, 7) is 0.594. The highest BCUT2D eigenvalue weighted by atomic mass is 16.2. The topological polar surface area (TPSA) is 84.2 Å². The molecule has 0 spiro atoms. The van der Waals surface area contributed by atoms with Crippen molar-refractivity contribution in [2.45, 2.75) is 44.6 Å². The number of rotatable bonds is 7. The van der Waals surface area contributed by atoms with Gasteiger partial charge in [0.2, 0.25) is 5.91 Å². The maximum Gasteiger partial charge on any atom is 0.312 e. The van der Waals surface area contributed by atoms with Gasteiger partial charge in [0.05, 0.1) is 0 Å². The molecule has 0 aliphatic heterocycles. The van der Waals surface area contributed by atoms with Crippen molar-refractivity contribution >= 4 is 11.9 Å². The van der Waals surface area contributed by atoms with Crippen molar-refractivity contribution in [1.29, 1.82) is 0 Å². The molecular weight excluding hydrogens is 290 g/mol. The second-order valence-corrected chi connectivity index (χ2v) is 5.90. The second-order valence-electron chi connectivity index (χ2n) is 5.90. The minimum absolute atomic E-state index is 0.191. The molecule has 2 rings (SSSR count). The van der Waals surface area contributed by atoms with Crippen LogP contribution in [-0.4, -0.2) is 24.5 Å². The third kappa shape index (κ3) is 6.14. The minimum Gasteiger partial charge on any atom is -0.354 e. The molecule has 23 heavy (non-hydrogen) atoms. The van der Waals surface area contributed by atoms with E-state index in [0.717, 1.165) is 24.8 Å². The summed E-state index contributed by atoms with van der Waals surface area (Å²) in [6.07, 6.45) is 8.35. The maximum absolute atomic E-state index is 12.3. The summed E-state index contributed by atoms with van der Waals surface area (Å²) in [5.74, 6) is -0.191. The number of nitrogens with one attached hydrogen (secondary N) is 2. The molecule has 0 radical (unpaired) electrons. The maximum atomic E-state index is 12.3. The molecule has 0 saturated heterocycles. The van der Waals surface area contributed by atoms with E-state index in [1.807, 2.05) is 30.3 Å². The number of hydrogen-bond donors (Lipinski definition) is 3. The van der Waals surface area contributed by atoms with Crippen molar-refractivity contribution in [1.82, 2.24) is 10.6 Å². The molecule has 1 unspecified atom stereocenters. The lowest BCUT2D eigenvalue weighted by Gasteiger charge is -2.18. The lowest BCUT2D eigenvalue weighted by atomic mass is 9.97. The first-order valence-corrected chi connectivity index (χ1v) is 8.20. The molecule has 0 aromatic heterocycles. The molecule has 3 amide bonds. The van der Waals surface area contributed by atoms with Gasteiger partial charge in [-0.15, -0.1) is 0 Å². The molecule has 0 fully saturated rings. The molecule has 0 bridgehead atoms. The Balaban J connectivity index is 1.85. The minimum atomic E-state index is -0.684. The third-order valence-corrected chi connectivity index (χ3v) is 4.05. The first kappa shape index (κ1) is 17.1. The zero-order chi connectivity index (χ0) is 16.5. The summed E-state index contributed by atoms with van der Waals surface area (Å²) in [5.41, 5.74) is 7.59. The number of carbonyl (C=O) groups is 2. The van der Waals surface area contributed by atoms with Gasteiger partial charge >= 0.3 is 6.03 Å². The molecule has 5 nitrogen and oxygen atoms in total. The van der Waals surface area contributed by atoms with Gasteiger partial charge < -0.3 is 16.4 Å². The summed E-state index contributed by atoms with van der Waals surface area (Å²) in [7, 11) is 0. The van der Waals surface area contributed by atoms with E-state index in [1.165, 1.54) is 18.4 Å². The van der Waals surface area contributed by atoms with Crippen LogP contribution >= 0.6 is 0 Å². The van der Waals surface area contributed by atoms with Gasteiger partial charge in [-0.05, 0) is 37.7 Å². The smallest absolute Gasteiger partial charge is 0.312 e. The Labute approximate surface area is 137 Å². The summed E-state index contributed by atoms with van der Waals surface area (Å²) < 4.78 is 0. The van der Waals surface area contributed by atoms with Crippen molar-refractivity contribution in [2.24, 2.45) is 5.73 Å². The van der Waals surface area contributed by atoms with Gasteiger partial charge in [-0.3, -0.25) is 4.79 Å². The van der Waals surface area contributed by atoms with Crippen molar-refractivity contribution in [3.63, 3.8) is 0 Å². The Morgan fingerprint density at radius 1 is 1.17 bits per heavy atom. The molecule has 1 aliphatic carbocycles. The van der Waals surface area contributed by atoms with Crippen LogP contribution in [0.4, 0.5) is 4.79 Å².